The van der Waals surface area contributed by atoms with E-state index in [1.165, 1.54) is 6.42 Å². The molecule has 2 rings (SSSR count). The quantitative estimate of drug-likeness (QED) is 0.801. The minimum Gasteiger partial charge on any atom is -0.332 e. The Labute approximate surface area is 92.0 Å². The number of likely N-dealkylation sites (tertiary alicyclic amines) is 1. The van der Waals surface area contributed by atoms with E-state index in [0.29, 0.717) is 6.04 Å². The lowest BCUT2D eigenvalue weighted by molar-refractivity contribution is -0.157. The smallest absolute Gasteiger partial charge is 0.332 e. The van der Waals surface area contributed by atoms with Crippen molar-refractivity contribution in [1.29, 1.82) is 0 Å². The molecular formula is C10H15F3N2O. The second-order valence-corrected chi connectivity index (χ2v) is 4.58. The molecule has 0 spiro atoms. The van der Waals surface area contributed by atoms with Gasteiger partial charge >= 0.3 is 6.18 Å². The van der Waals surface area contributed by atoms with Crippen LogP contribution >= 0.6 is 0 Å². The van der Waals surface area contributed by atoms with Gasteiger partial charge in [-0.05, 0) is 12.8 Å². The number of nitrogens with zero attached hydrogens (tertiary/aromatic N) is 1. The van der Waals surface area contributed by atoms with Crippen LogP contribution in [0, 0.1) is 0 Å². The lowest BCUT2D eigenvalue weighted by atomic mass is 9.92. The molecule has 1 heterocycles. The average Bonchev–Trinajstić information content (AvgIpc) is 2.37. The zero-order valence-electron chi connectivity index (χ0n) is 8.89. The van der Waals surface area contributed by atoms with Crippen molar-refractivity contribution < 1.29 is 18.0 Å². The van der Waals surface area contributed by atoms with E-state index in [-0.39, 0.29) is 19.0 Å². The Bertz CT molecular complexity index is 276. The maximum Gasteiger partial charge on any atom is 0.406 e. The monoisotopic (exact) mass is 236 g/mol. The Morgan fingerprint density at radius 1 is 1.31 bits per heavy atom. The number of hydrogen-bond donors (Lipinski definition) is 1. The molecule has 0 radical (unpaired) electrons. The topological polar surface area (TPSA) is 32.3 Å². The molecule has 1 N–H and O–H groups in total. The van der Waals surface area contributed by atoms with Crippen LogP contribution in [0.1, 0.15) is 25.7 Å². The Hall–Kier alpha value is -0.780. The Kier molecular flexibility index (Phi) is 3.10. The number of hydrogen-bond acceptors (Lipinski definition) is 2. The highest BCUT2D eigenvalue weighted by atomic mass is 19.4. The van der Waals surface area contributed by atoms with Gasteiger partial charge in [0.15, 0.2) is 0 Å². The fraction of sp³-hybridized carbons (Fsp3) is 0.900. The van der Waals surface area contributed by atoms with Gasteiger partial charge in [-0.15, -0.1) is 0 Å². The van der Waals surface area contributed by atoms with Crippen LogP contribution in [-0.2, 0) is 4.79 Å². The molecule has 0 aromatic rings. The fourth-order valence-corrected chi connectivity index (χ4v) is 2.16. The first-order chi connectivity index (χ1) is 7.44. The van der Waals surface area contributed by atoms with Crippen molar-refractivity contribution in [3.8, 4) is 0 Å². The molecule has 0 bridgehead atoms. The van der Waals surface area contributed by atoms with Crippen LogP contribution in [0.2, 0.25) is 0 Å². The van der Waals surface area contributed by atoms with Crippen LogP contribution < -0.4 is 5.32 Å². The van der Waals surface area contributed by atoms with Crippen LogP contribution in [0.15, 0.2) is 0 Å². The van der Waals surface area contributed by atoms with Crippen molar-refractivity contribution in [2.45, 2.75) is 43.9 Å². The number of carbonyl (C=O) groups is 1. The summed E-state index contributed by atoms with van der Waals surface area (Å²) in [6.45, 7) is -0.927. The number of carbonyl (C=O) groups excluding carboxylic acids is 1. The molecule has 16 heavy (non-hydrogen) atoms. The molecule has 0 aromatic heterocycles. The highest BCUT2D eigenvalue weighted by Gasteiger charge is 2.38. The van der Waals surface area contributed by atoms with Gasteiger partial charge in [0, 0.05) is 25.0 Å². The van der Waals surface area contributed by atoms with Gasteiger partial charge in [0.1, 0.15) is 6.54 Å². The zero-order valence-corrected chi connectivity index (χ0v) is 8.89. The first-order valence-electron chi connectivity index (χ1n) is 5.54. The summed E-state index contributed by atoms with van der Waals surface area (Å²) < 4.78 is 36.4. The molecule has 2 aliphatic rings. The van der Waals surface area contributed by atoms with Crippen LogP contribution in [0.3, 0.4) is 0 Å². The molecule has 1 unspecified atom stereocenters. The molecule has 3 nitrogen and oxygen atoms in total. The second-order valence-electron chi connectivity index (χ2n) is 4.58. The Balaban J connectivity index is 1.81. The highest BCUT2D eigenvalue weighted by Crippen LogP contribution is 2.23. The summed E-state index contributed by atoms with van der Waals surface area (Å²) in [5.41, 5.74) is 0. The van der Waals surface area contributed by atoms with Gasteiger partial charge in [-0.25, -0.2) is 0 Å². The van der Waals surface area contributed by atoms with Gasteiger partial charge in [-0.2, -0.15) is 13.2 Å². The highest BCUT2D eigenvalue weighted by molar-refractivity contribution is 5.79. The second kappa shape index (κ2) is 4.24. The summed E-state index contributed by atoms with van der Waals surface area (Å²) in [4.78, 5) is 12.2. The van der Waals surface area contributed by atoms with Crippen molar-refractivity contribution >= 4 is 5.91 Å². The molecule has 1 saturated carbocycles. The van der Waals surface area contributed by atoms with Crippen molar-refractivity contribution in [3.63, 3.8) is 0 Å². The standard InChI is InChI=1S/C10H15F3N2O/c11-10(12,13)6-15-5-8(4-9(15)16)14-7-2-1-3-7/h7-8,14H,1-6H2. The van der Waals surface area contributed by atoms with Crippen molar-refractivity contribution in [2.24, 2.45) is 0 Å². The number of rotatable bonds is 3. The maximum absolute atomic E-state index is 12.1. The number of halogens is 3. The van der Waals surface area contributed by atoms with Crippen LogP contribution in [0.25, 0.3) is 0 Å². The zero-order chi connectivity index (χ0) is 11.8. The van der Waals surface area contributed by atoms with Crippen molar-refractivity contribution in [1.82, 2.24) is 10.2 Å². The lowest BCUT2D eigenvalue weighted by Crippen LogP contribution is -2.44. The third kappa shape index (κ3) is 2.87. The lowest BCUT2D eigenvalue weighted by Gasteiger charge is -2.29. The van der Waals surface area contributed by atoms with Crippen molar-refractivity contribution in [3.05, 3.63) is 0 Å². The van der Waals surface area contributed by atoms with E-state index in [2.05, 4.69) is 5.32 Å². The summed E-state index contributed by atoms with van der Waals surface area (Å²) in [6, 6.07) is 0.309. The van der Waals surface area contributed by atoms with E-state index in [1.807, 2.05) is 0 Å². The summed E-state index contributed by atoms with van der Waals surface area (Å²) >= 11 is 0. The molecule has 2 fully saturated rings. The molecule has 92 valence electrons. The SMILES string of the molecule is O=C1CC(NC2CCC2)CN1CC(F)(F)F. The largest absolute Gasteiger partial charge is 0.406 e. The van der Waals surface area contributed by atoms with Gasteiger partial charge in [0.05, 0.1) is 0 Å². The molecule has 1 saturated heterocycles. The molecule has 1 atom stereocenters. The van der Waals surface area contributed by atoms with Gasteiger partial charge in [-0.3, -0.25) is 4.79 Å². The van der Waals surface area contributed by atoms with E-state index in [4.69, 9.17) is 0 Å². The predicted molar refractivity (Wildman–Crippen MR) is 51.8 cm³/mol. The molecule has 0 aromatic carbocycles. The fourth-order valence-electron chi connectivity index (χ4n) is 2.16. The summed E-state index contributed by atoms with van der Waals surface area (Å²) in [6.07, 6.45) is -0.772. The first-order valence-corrected chi connectivity index (χ1v) is 5.54. The van der Waals surface area contributed by atoms with Gasteiger partial charge in [0.2, 0.25) is 5.91 Å². The third-order valence-corrected chi connectivity index (χ3v) is 3.16. The molecule has 1 aliphatic heterocycles. The number of amides is 1. The van der Waals surface area contributed by atoms with E-state index < -0.39 is 18.6 Å². The predicted octanol–water partition coefficient (Wildman–Crippen LogP) is 1.29. The third-order valence-electron chi connectivity index (χ3n) is 3.16. The first kappa shape index (κ1) is 11.7. The van der Waals surface area contributed by atoms with Crippen molar-refractivity contribution in [2.75, 3.05) is 13.1 Å². The number of nitrogens with one attached hydrogen (secondary N) is 1. The normalized spacial score (nSPS) is 27.3. The maximum atomic E-state index is 12.1. The summed E-state index contributed by atoms with van der Waals surface area (Å²) in [7, 11) is 0. The van der Waals surface area contributed by atoms with E-state index in [0.717, 1.165) is 17.7 Å². The van der Waals surface area contributed by atoms with E-state index >= 15 is 0 Å². The van der Waals surface area contributed by atoms with E-state index in [1.54, 1.807) is 0 Å². The summed E-state index contributed by atoms with van der Waals surface area (Å²) in [5.74, 6) is -0.394. The van der Waals surface area contributed by atoms with Crippen LogP contribution in [-0.4, -0.2) is 42.2 Å². The molecular weight excluding hydrogens is 221 g/mol. The molecule has 1 aliphatic carbocycles. The minimum absolute atomic E-state index is 0.0971. The van der Waals surface area contributed by atoms with Crippen LogP contribution in [0.5, 0.6) is 0 Å². The molecule has 1 amide bonds. The van der Waals surface area contributed by atoms with Crippen LogP contribution in [0.4, 0.5) is 13.2 Å². The number of alkyl halides is 3. The summed E-state index contributed by atoms with van der Waals surface area (Å²) in [5, 5.41) is 3.23. The molecule has 6 heteroatoms. The average molecular weight is 236 g/mol. The van der Waals surface area contributed by atoms with Gasteiger partial charge < -0.3 is 10.2 Å². The van der Waals surface area contributed by atoms with E-state index in [9.17, 15) is 18.0 Å². The Morgan fingerprint density at radius 2 is 2.00 bits per heavy atom. The van der Waals surface area contributed by atoms with Gasteiger partial charge in [-0.1, -0.05) is 6.42 Å². The minimum atomic E-state index is -4.29. The Morgan fingerprint density at radius 3 is 2.50 bits per heavy atom. The van der Waals surface area contributed by atoms with Gasteiger partial charge in [0.25, 0.3) is 0 Å².